The van der Waals surface area contributed by atoms with Crippen LogP contribution in [0.2, 0.25) is 0 Å². The summed E-state index contributed by atoms with van der Waals surface area (Å²) in [5.74, 6) is 0.587. The average molecular weight is 301 g/mol. The van der Waals surface area contributed by atoms with Crippen LogP contribution >= 0.6 is 0 Å². The molecule has 3 amide bonds. The van der Waals surface area contributed by atoms with Gasteiger partial charge in [-0.1, -0.05) is 24.6 Å². The number of amides is 3. The van der Waals surface area contributed by atoms with Crippen molar-refractivity contribution in [1.82, 2.24) is 10.2 Å². The molecule has 0 aromatic heterocycles. The number of nitrogens with one attached hydrogen (secondary N) is 2. The molecule has 2 N–H and O–H groups in total. The van der Waals surface area contributed by atoms with Crippen LogP contribution in [-0.2, 0) is 4.79 Å². The van der Waals surface area contributed by atoms with Crippen LogP contribution in [0.1, 0.15) is 32.1 Å². The molecule has 1 aliphatic heterocycles. The summed E-state index contributed by atoms with van der Waals surface area (Å²) in [6.07, 6.45) is 4.96. The van der Waals surface area contributed by atoms with E-state index in [-0.39, 0.29) is 18.0 Å². The Hall–Kier alpha value is -2.04. The molecule has 0 bridgehead atoms. The minimum absolute atomic E-state index is 0.147. The molecule has 1 saturated carbocycles. The first kappa shape index (κ1) is 14.9. The van der Waals surface area contributed by atoms with E-state index < -0.39 is 0 Å². The van der Waals surface area contributed by atoms with Crippen molar-refractivity contribution in [2.75, 3.05) is 18.4 Å². The van der Waals surface area contributed by atoms with Crippen molar-refractivity contribution in [2.24, 2.45) is 5.92 Å². The molecule has 118 valence electrons. The van der Waals surface area contributed by atoms with Gasteiger partial charge in [0.1, 0.15) is 0 Å². The number of urea groups is 1. The molecule has 2 aliphatic rings. The van der Waals surface area contributed by atoms with Gasteiger partial charge in [0.05, 0.1) is 0 Å². The van der Waals surface area contributed by atoms with Gasteiger partial charge in [-0.2, -0.15) is 0 Å². The third-order valence-corrected chi connectivity index (χ3v) is 4.63. The highest BCUT2D eigenvalue weighted by Gasteiger charge is 2.31. The normalized spacial score (nSPS) is 19.4. The highest BCUT2D eigenvalue weighted by atomic mass is 16.2. The molecule has 0 spiro atoms. The third-order valence-electron chi connectivity index (χ3n) is 4.63. The second-order valence-electron chi connectivity index (χ2n) is 6.19. The predicted molar refractivity (Wildman–Crippen MR) is 85.5 cm³/mol. The summed E-state index contributed by atoms with van der Waals surface area (Å²) in [7, 11) is 0. The fourth-order valence-corrected chi connectivity index (χ4v) is 3.03. The molecule has 0 unspecified atom stereocenters. The molecule has 0 radical (unpaired) electrons. The monoisotopic (exact) mass is 301 g/mol. The van der Waals surface area contributed by atoms with Crippen molar-refractivity contribution >= 4 is 17.6 Å². The molecule has 2 fully saturated rings. The van der Waals surface area contributed by atoms with Crippen molar-refractivity contribution in [3.05, 3.63) is 30.3 Å². The molecule has 5 heteroatoms. The van der Waals surface area contributed by atoms with Crippen LogP contribution in [0.3, 0.4) is 0 Å². The summed E-state index contributed by atoms with van der Waals surface area (Å²) in [5, 5.41) is 5.83. The Bertz CT molecular complexity index is 520. The van der Waals surface area contributed by atoms with Crippen LogP contribution in [0.5, 0.6) is 0 Å². The van der Waals surface area contributed by atoms with Crippen molar-refractivity contribution in [2.45, 2.75) is 38.1 Å². The molecule has 3 rings (SSSR count). The summed E-state index contributed by atoms with van der Waals surface area (Å²) >= 11 is 0. The molecule has 5 nitrogen and oxygen atoms in total. The first-order chi connectivity index (χ1) is 10.7. The number of piperidine rings is 1. The Balaban J connectivity index is 1.41. The number of nitrogens with zero attached hydrogens (tertiary/aromatic N) is 1. The number of rotatable bonds is 3. The quantitative estimate of drug-likeness (QED) is 0.901. The average Bonchev–Trinajstić information content (AvgIpc) is 2.47. The van der Waals surface area contributed by atoms with E-state index in [1.165, 1.54) is 6.42 Å². The van der Waals surface area contributed by atoms with E-state index in [1.54, 1.807) is 0 Å². The Morgan fingerprint density at radius 3 is 2.27 bits per heavy atom. The zero-order valence-electron chi connectivity index (χ0n) is 12.8. The number of benzene rings is 1. The molecule has 1 heterocycles. The van der Waals surface area contributed by atoms with E-state index in [0.29, 0.717) is 5.91 Å². The molecule has 0 atom stereocenters. The van der Waals surface area contributed by atoms with Crippen LogP contribution in [0.25, 0.3) is 0 Å². The molecule has 1 aromatic carbocycles. The lowest BCUT2D eigenvalue weighted by atomic mass is 9.84. The van der Waals surface area contributed by atoms with E-state index in [4.69, 9.17) is 0 Å². The van der Waals surface area contributed by atoms with Gasteiger partial charge in [-0.05, 0) is 37.8 Å². The number of anilines is 1. The first-order valence-electron chi connectivity index (χ1n) is 8.14. The van der Waals surface area contributed by atoms with Crippen LogP contribution in [0, 0.1) is 5.92 Å². The number of carbonyl (C=O) groups is 2. The second kappa shape index (κ2) is 6.81. The Kier molecular flexibility index (Phi) is 4.61. The molecule has 22 heavy (non-hydrogen) atoms. The maximum Gasteiger partial charge on any atom is 0.319 e. The molecular weight excluding hydrogens is 278 g/mol. The number of hydrogen-bond acceptors (Lipinski definition) is 2. The zero-order chi connectivity index (χ0) is 15.4. The van der Waals surface area contributed by atoms with Crippen LogP contribution < -0.4 is 10.6 Å². The van der Waals surface area contributed by atoms with E-state index >= 15 is 0 Å². The highest BCUT2D eigenvalue weighted by molar-refractivity contribution is 5.89. The van der Waals surface area contributed by atoms with Gasteiger partial charge < -0.3 is 15.5 Å². The van der Waals surface area contributed by atoms with Gasteiger partial charge in [0.15, 0.2) is 0 Å². The van der Waals surface area contributed by atoms with Crippen molar-refractivity contribution in [1.29, 1.82) is 0 Å². The van der Waals surface area contributed by atoms with Gasteiger partial charge in [-0.25, -0.2) is 4.79 Å². The van der Waals surface area contributed by atoms with Gasteiger partial charge in [0, 0.05) is 30.7 Å². The van der Waals surface area contributed by atoms with Gasteiger partial charge >= 0.3 is 6.03 Å². The highest BCUT2D eigenvalue weighted by Crippen LogP contribution is 2.29. The first-order valence-corrected chi connectivity index (χ1v) is 8.14. The number of hydrogen-bond donors (Lipinski definition) is 2. The number of para-hydroxylation sites is 1. The Morgan fingerprint density at radius 2 is 1.68 bits per heavy atom. The molecule has 1 aromatic rings. The summed E-state index contributed by atoms with van der Waals surface area (Å²) in [4.78, 5) is 26.1. The third kappa shape index (κ3) is 3.59. The standard InChI is InChI=1S/C17H23N3O2/c21-16(13-5-4-6-13)20-11-9-15(10-12-20)19-17(22)18-14-7-2-1-3-8-14/h1-3,7-8,13,15H,4-6,9-12H2,(H2,18,19,22). The van der Waals surface area contributed by atoms with Gasteiger partial charge in [-0.3, -0.25) is 4.79 Å². The number of carbonyl (C=O) groups excluding carboxylic acids is 2. The van der Waals surface area contributed by atoms with Crippen molar-refractivity contribution in [3.63, 3.8) is 0 Å². The van der Waals surface area contributed by atoms with Crippen LogP contribution in [0.15, 0.2) is 30.3 Å². The minimum Gasteiger partial charge on any atom is -0.342 e. The summed E-state index contributed by atoms with van der Waals surface area (Å²) in [5.41, 5.74) is 0.789. The molecular formula is C17H23N3O2. The van der Waals surface area contributed by atoms with E-state index in [9.17, 15) is 9.59 Å². The van der Waals surface area contributed by atoms with E-state index in [1.807, 2.05) is 35.2 Å². The lowest BCUT2D eigenvalue weighted by Gasteiger charge is -2.36. The lowest BCUT2D eigenvalue weighted by Crippen LogP contribution is -2.49. The van der Waals surface area contributed by atoms with Gasteiger partial charge in [0.2, 0.25) is 5.91 Å². The van der Waals surface area contributed by atoms with Crippen molar-refractivity contribution < 1.29 is 9.59 Å². The summed E-state index contributed by atoms with van der Waals surface area (Å²) in [6.45, 7) is 1.51. The van der Waals surface area contributed by atoms with E-state index in [2.05, 4.69) is 10.6 Å². The second-order valence-corrected chi connectivity index (χ2v) is 6.19. The van der Waals surface area contributed by atoms with Crippen molar-refractivity contribution in [3.8, 4) is 0 Å². The maximum atomic E-state index is 12.2. The Labute approximate surface area is 131 Å². The Morgan fingerprint density at radius 1 is 1.00 bits per heavy atom. The summed E-state index contributed by atoms with van der Waals surface area (Å²) in [6, 6.07) is 9.39. The smallest absolute Gasteiger partial charge is 0.319 e. The fraction of sp³-hybridized carbons (Fsp3) is 0.529. The molecule has 1 aliphatic carbocycles. The molecule has 1 saturated heterocycles. The van der Waals surface area contributed by atoms with E-state index in [0.717, 1.165) is 44.5 Å². The zero-order valence-corrected chi connectivity index (χ0v) is 12.8. The number of likely N-dealkylation sites (tertiary alicyclic amines) is 1. The fourth-order valence-electron chi connectivity index (χ4n) is 3.03. The topological polar surface area (TPSA) is 61.4 Å². The largest absolute Gasteiger partial charge is 0.342 e. The van der Waals surface area contributed by atoms with Crippen LogP contribution in [-0.4, -0.2) is 36.0 Å². The van der Waals surface area contributed by atoms with Crippen LogP contribution in [0.4, 0.5) is 10.5 Å². The maximum absolute atomic E-state index is 12.2. The predicted octanol–water partition coefficient (Wildman–Crippen LogP) is 2.60. The van der Waals surface area contributed by atoms with Gasteiger partial charge in [0.25, 0.3) is 0 Å². The van der Waals surface area contributed by atoms with Gasteiger partial charge in [-0.15, -0.1) is 0 Å². The lowest BCUT2D eigenvalue weighted by molar-refractivity contribution is -0.139. The minimum atomic E-state index is -0.171. The summed E-state index contributed by atoms with van der Waals surface area (Å²) < 4.78 is 0. The SMILES string of the molecule is O=C(Nc1ccccc1)NC1CCN(C(=O)C2CCC2)CC1.